The van der Waals surface area contributed by atoms with Crippen LogP contribution in [0.25, 0.3) is 32.6 Å². The number of thioether (sulfide) groups is 1. The lowest BCUT2D eigenvalue weighted by atomic mass is 10.1. The largest absolute Gasteiger partial charge is 0.305 e. The number of nitrogens with one attached hydrogen (secondary N) is 1. The number of fused-ring (bicyclic) bond motifs is 2. The molecule has 5 heterocycles. The van der Waals surface area contributed by atoms with Gasteiger partial charge in [-0.1, -0.05) is 11.8 Å². The zero-order valence-electron chi connectivity index (χ0n) is 21.1. The SMILES string of the molecule is Cc1cc2c(=O)n(NC(=O)CSc3nnc(-c4cc(C5CC5)nc5c4c(C)nn5C)n3C)c(C)nc2s1. The molecule has 5 aromatic rings. The Morgan fingerprint density at radius 3 is 2.70 bits per heavy atom. The van der Waals surface area contributed by atoms with Crippen molar-refractivity contribution in [1.82, 2.24) is 39.2 Å². The van der Waals surface area contributed by atoms with Gasteiger partial charge in [-0.3, -0.25) is 19.7 Å². The van der Waals surface area contributed by atoms with Gasteiger partial charge in [-0.15, -0.1) is 21.5 Å². The molecule has 190 valence electrons. The smallest absolute Gasteiger partial charge is 0.281 e. The average molecular weight is 536 g/mol. The molecular weight excluding hydrogens is 510 g/mol. The van der Waals surface area contributed by atoms with Crippen molar-refractivity contribution < 1.29 is 4.79 Å². The van der Waals surface area contributed by atoms with E-state index in [9.17, 15) is 9.59 Å². The molecule has 0 bridgehead atoms. The van der Waals surface area contributed by atoms with Crippen LogP contribution in [0.2, 0.25) is 0 Å². The summed E-state index contributed by atoms with van der Waals surface area (Å²) in [5.41, 5.74) is 6.10. The number of aryl methyl sites for hydroxylation is 4. The first-order chi connectivity index (χ1) is 17.7. The van der Waals surface area contributed by atoms with E-state index in [1.807, 2.05) is 37.2 Å². The summed E-state index contributed by atoms with van der Waals surface area (Å²) in [6.07, 6.45) is 2.28. The van der Waals surface area contributed by atoms with Crippen molar-refractivity contribution in [1.29, 1.82) is 0 Å². The number of carbonyl (C=O) groups excluding carboxylic acids is 1. The van der Waals surface area contributed by atoms with E-state index in [2.05, 4.69) is 31.8 Å². The highest BCUT2D eigenvalue weighted by Crippen LogP contribution is 2.42. The van der Waals surface area contributed by atoms with Crippen LogP contribution in [-0.4, -0.2) is 50.8 Å². The summed E-state index contributed by atoms with van der Waals surface area (Å²) in [6.45, 7) is 5.59. The van der Waals surface area contributed by atoms with Gasteiger partial charge < -0.3 is 4.57 Å². The highest BCUT2D eigenvalue weighted by Gasteiger charge is 2.28. The van der Waals surface area contributed by atoms with Crippen LogP contribution in [-0.2, 0) is 18.9 Å². The van der Waals surface area contributed by atoms with E-state index >= 15 is 0 Å². The predicted molar refractivity (Wildman–Crippen MR) is 144 cm³/mol. The highest BCUT2D eigenvalue weighted by molar-refractivity contribution is 7.99. The molecule has 1 amide bonds. The van der Waals surface area contributed by atoms with E-state index in [1.54, 1.807) is 13.0 Å². The predicted octanol–water partition coefficient (Wildman–Crippen LogP) is 3.20. The van der Waals surface area contributed by atoms with E-state index in [4.69, 9.17) is 4.98 Å². The highest BCUT2D eigenvalue weighted by atomic mass is 32.2. The van der Waals surface area contributed by atoms with Gasteiger partial charge in [-0.2, -0.15) is 5.10 Å². The minimum atomic E-state index is -0.335. The second kappa shape index (κ2) is 8.77. The van der Waals surface area contributed by atoms with Gasteiger partial charge in [0.1, 0.15) is 10.7 Å². The standard InChI is InChI=1S/C24H25N9O2S2/c1-11-8-16-22(37-11)25-13(3)33(23(16)35)30-18(34)10-36-24-28-27-20(31(24)4)15-9-17(14-6-7-14)26-21-19(15)12(2)29-32(21)5/h8-9,14H,6-7,10H2,1-5H3,(H,30,34). The van der Waals surface area contributed by atoms with Crippen LogP contribution in [0, 0.1) is 20.8 Å². The van der Waals surface area contributed by atoms with Gasteiger partial charge in [0.2, 0.25) is 5.91 Å². The van der Waals surface area contributed by atoms with Crippen molar-refractivity contribution in [3.63, 3.8) is 0 Å². The first-order valence-electron chi connectivity index (χ1n) is 11.9. The number of pyridine rings is 1. The summed E-state index contributed by atoms with van der Waals surface area (Å²) in [4.78, 5) is 36.6. The Morgan fingerprint density at radius 2 is 1.95 bits per heavy atom. The number of hydrogen-bond donors (Lipinski definition) is 1. The molecule has 6 rings (SSSR count). The Balaban J connectivity index is 1.25. The number of thiophene rings is 1. The van der Waals surface area contributed by atoms with Gasteiger partial charge in [0.25, 0.3) is 5.56 Å². The van der Waals surface area contributed by atoms with E-state index < -0.39 is 0 Å². The molecule has 1 fully saturated rings. The third-order valence-corrected chi connectivity index (χ3v) is 8.45. The number of rotatable bonds is 6. The maximum absolute atomic E-state index is 12.9. The molecule has 1 N–H and O–H groups in total. The number of amides is 1. The van der Waals surface area contributed by atoms with Crippen LogP contribution in [0.15, 0.2) is 22.1 Å². The summed E-state index contributed by atoms with van der Waals surface area (Å²) in [5, 5.41) is 15.4. The molecule has 0 radical (unpaired) electrons. The fourth-order valence-corrected chi connectivity index (χ4v) is 6.14. The molecule has 0 unspecified atom stereocenters. The van der Waals surface area contributed by atoms with Gasteiger partial charge in [0.15, 0.2) is 16.6 Å². The van der Waals surface area contributed by atoms with E-state index in [0.717, 1.165) is 45.7 Å². The summed E-state index contributed by atoms with van der Waals surface area (Å²) in [7, 11) is 3.79. The molecule has 0 saturated heterocycles. The second-order valence-corrected chi connectivity index (χ2v) is 11.5. The number of aromatic nitrogens is 8. The van der Waals surface area contributed by atoms with Gasteiger partial charge in [-0.25, -0.2) is 14.6 Å². The van der Waals surface area contributed by atoms with Crippen LogP contribution in [0.5, 0.6) is 0 Å². The average Bonchev–Trinajstić information content (AvgIpc) is 3.46. The third kappa shape index (κ3) is 4.11. The van der Waals surface area contributed by atoms with Crippen LogP contribution in [0.3, 0.4) is 0 Å². The van der Waals surface area contributed by atoms with Crippen molar-refractivity contribution in [3.05, 3.63) is 44.6 Å². The Bertz CT molecular complexity index is 1770. The summed E-state index contributed by atoms with van der Waals surface area (Å²) in [5.74, 6) is 1.33. The van der Waals surface area contributed by atoms with E-state index in [0.29, 0.717) is 32.9 Å². The minimum absolute atomic E-state index is 0.0591. The van der Waals surface area contributed by atoms with Gasteiger partial charge in [0, 0.05) is 36.1 Å². The van der Waals surface area contributed by atoms with Crippen molar-refractivity contribution in [3.8, 4) is 11.4 Å². The van der Waals surface area contributed by atoms with Crippen molar-refractivity contribution in [2.75, 3.05) is 11.2 Å². The quantitative estimate of drug-likeness (QED) is 0.329. The first-order valence-corrected chi connectivity index (χ1v) is 13.7. The Morgan fingerprint density at radius 1 is 1.16 bits per heavy atom. The Hall–Kier alpha value is -3.58. The number of nitrogens with zero attached hydrogens (tertiary/aromatic N) is 8. The molecule has 5 aromatic heterocycles. The molecule has 1 aliphatic carbocycles. The van der Waals surface area contributed by atoms with Gasteiger partial charge in [-0.05, 0) is 45.7 Å². The first kappa shape index (κ1) is 23.8. The summed E-state index contributed by atoms with van der Waals surface area (Å²) >= 11 is 2.71. The fraction of sp³-hybridized carbons (Fsp3) is 0.375. The van der Waals surface area contributed by atoms with Crippen molar-refractivity contribution >= 4 is 50.3 Å². The summed E-state index contributed by atoms with van der Waals surface area (Å²) in [6, 6.07) is 3.90. The lowest BCUT2D eigenvalue weighted by Crippen LogP contribution is -2.36. The van der Waals surface area contributed by atoms with Gasteiger partial charge in [0.05, 0.1) is 22.2 Å². The molecule has 11 nitrogen and oxygen atoms in total. The maximum Gasteiger partial charge on any atom is 0.281 e. The molecule has 0 atom stereocenters. The van der Waals surface area contributed by atoms with E-state index in [-0.39, 0.29) is 17.2 Å². The molecule has 0 aromatic carbocycles. The fourth-order valence-electron chi connectivity index (χ4n) is 4.53. The molecule has 0 aliphatic heterocycles. The van der Waals surface area contributed by atoms with Crippen molar-refractivity contribution in [2.24, 2.45) is 14.1 Å². The Labute approximate surface area is 219 Å². The number of hydrogen-bond acceptors (Lipinski definition) is 9. The molecule has 13 heteroatoms. The lowest BCUT2D eigenvalue weighted by Gasteiger charge is -2.11. The zero-order valence-corrected chi connectivity index (χ0v) is 22.7. The van der Waals surface area contributed by atoms with Crippen LogP contribution in [0.1, 0.15) is 40.8 Å². The molecule has 1 aliphatic rings. The van der Waals surface area contributed by atoms with Crippen LogP contribution < -0.4 is 11.0 Å². The minimum Gasteiger partial charge on any atom is -0.305 e. The topological polar surface area (TPSA) is 125 Å². The summed E-state index contributed by atoms with van der Waals surface area (Å²) < 4.78 is 4.90. The molecule has 0 spiro atoms. The third-order valence-electron chi connectivity index (χ3n) is 6.48. The molecular formula is C24H25N9O2S2. The normalized spacial score (nSPS) is 13.6. The van der Waals surface area contributed by atoms with Crippen LogP contribution in [0.4, 0.5) is 0 Å². The lowest BCUT2D eigenvalue weighted by molar-refractivity contribution is -0.114. The van der Waals surface area contributed by atoms with Crippen LogP contribution >= 0.6 is 23.1 Å². The Kier molecular flexibility index (Phi) is 5.64. The van der Waals surface area contributed by atoms with Gasteiger partial charge >= 0.3 is 0 Å². The molecule has 37 heavy (non-hydrogen) atoms. The zero-order chi connectivity index (χ0) is 26.0. The monoisotopic (exact) mass is 535 g/mol. The van der Waals surface area contributed by atoms with Crippen molar-refractivity contribution in [2.45, 2.75) is 44.7 Å². The second-order valence-electron chi connectivity index (χ2n) is 9.34. The number of carbonyl (C=O) groups is 1. The maximum atomic E-state index is 12.9. The molecule has 1 saturated carbocycles. The van der Waals surface area contributed by atoms with E-state index in [1.165, 1.54) is 27.8 Å².